The van der Waals surface area contributed by atoms with Crippen molar-refractivity contribution in [2.45, 2.75) is 181 Å². The third kappa shape index (κ3) is 8.04. The van der Waals surface area contributed by atoms with Gasteiger partial charge in [0.1, 0.15) is 0 Å². The summed E-state index contributed by atoms with van der Waals surface area (Å²) in [6.07, 6.45) is 4.70. The van der Waals surface area contributed by atoms with Gasteiger partial charge in [0.2, 0.25) is 0 Å². The summed E-state index contributed by atoms with van der Waals surface area (Å²) in [5.74, 6) is 0. The molecule has 0 radical (unpaired) electrons. The molecule has 0 saturated heterocycles. The van der Waals surface area contributed by atoms with E-state index in [1.807, 2.05) is 0 Å². The maximum absolute atomic E-state index is 2.75. The Balaban J connectivity index is 1.34. The van der Waals surface area contributed by atoms with Crippen molar-refractivity contribution in [3.05, 3.63) is 172 Å². The number of benzene rings is 7. The predicted octanol–water partition coefficient (Wildman–Crippen LogP) is 17.7. The molecule has 0 atom stereocenters. The Morgan fingerprint density at radius 3 is 1.30 bits per heavy atom. The van der Waals surface area contributed by atoms with Gasteiger partial charge in [-0.1, -0.05) is 203 Å². The van der Waals surface area contributed by atoms with Crippen LogP contribution in [0.25, 0.3) is 22.3 Å². The minimum Gasteiger partial charge on any atom is -0.311 e. The molecule has 0 saturated carbocycles. The van der Waals surface area contributed by atoms with Gasteiger partial charge in [-0.25, -0.2) is 0 Å². The molecule has 7 aromatic rings. The van der Waals surface area contributed by atoms with Gasteiger partial charge < -0.3 is 9.80 Å². The average molecular weight is 961 g/mol. The molecule has 0 aromatic heterocycles. The quantitative estimate of drug-likeness (QED) is 0.162. The smallest absolute Gasteiger partial charge is 0.252 e. The van der Waals surface area contributed by atoms with Crippen molar-refractivity contribution < 1.29 is 0 Å². The molecule has 73 heavy (non-hydrogen) atoms. The number of nitrogens with zero attached hydrogens (tertiary/aromatic N) is 2. The Morgan fingerprint density at radius 1 is 0.370 bits per heavy atom. The van der Waals surface area contributed by atoms with Gasteiger partial charge in [-0.05, 0) is 179 Å². The van der Waals surface area contributed by atoms with Gasteiger partial charge in [0, 0.05) is 39.6 Å². The van der Waals surface area contributed by atoms with Gasteiger partial charge in [-0.2, -0.15) is 0 Å². The van der Waals surface area contributed by atoms with Crippen LogP contribution in [0.2, 0.25) is 0 Å². The highest BCUT2D eigenvalue weighted by atomic mass is 15.2. The lowest BCUT2D eigenvalue weighted by atomic mass is 9.33. The number of rotatable bonds is 4. The highest BCUT2D eigenvalue weighted by Gasteiger charge is 2.48. The molecule has 11 rings (SSSR count). The first-order chi connectivity index (χ1) is 34.1. The number of hydrogen-bond donors (Lipinski definition) is 0. The maximum Gasteiger partial charge on any atom is 0.252 e. The summed E-state index contributed by atoms with van der Waals surface area (Å²) in [6.45, 7) is 41.3. The lowest BCUT2D eigenvalue weighted by Crippen LogP contribution is -2.62. The van der Waals surface area contributed by atoms with E-state index < -0.39 is 0 Å². The molecule has 0 amide bonds. The van der Waals surface area contributed by atoms with Crippen LogP contribution in [0.1, 0.15) is 182 Å². The standard InChI is InChI=1S/C70H81BN2/c1-64(2,3)46-28-31-56-58(38-46)73(63-50(44-24-20-18-21-25-44)36-47(65(4,5)6)37-51(63)45-26-22-19-23-27-45)61-40-48(66(7,8)9)39-60-62(61)71(56)57-42-54-55(70(16,17)35-34-69(54,14)15)43-59(57)72(60)49-29-30-52-53(41-49)68(12,13)33-32-67(52,10)11/h18-31,36-43H,32-35H2,1-17H3. The fraction of sp³-hybridized carbons (Fsp3) is 0.400. The molecule has 0 unspecified atom stereocenters. The van der Waals surface area contributed by atoms with Crippen molar-refractivity contribution in [1.82, 2.24) is 0 Å². The van der Waals surface area contributed by atoms with E-state index in [0.717, 1.165) is 0 Å². The van der Waals surface area contributed by atoms with Crippen LogP contribution in [0.4, 0.5) is 34.1 Å². The SMILES string of the molecule is CC(C)(C)c1cc(-c2ccccc2)c(N2c3cc(C(C)(C)C)ccc3B3c4cc5c(cc4N(c4ccc6c(c4)C(C)(C)CCC6(C)C)c4cc(C(C)(C)C)cc2c43)C(C)(C)CCC5(C)C)c(-c2ccccc2)c1. The Hall–Kier alpha value is -5.80. The average Bonchev–Trinajstić information content (AvgIpc) is 3.33. The van der Waals surface area contributed by atoms with Crippen LogP contribution in [0.3, 0.4) is 0 Å². The molecule has 2 aliphatic carbocycles. The molecule has 0 N–H and O–H groups in total. The second-order valence-electron chi connectivity index (χ2n) is 28.4. The first kappa shape index (κ1) is 49.4. The molecule has 7 aromatic carbocycles. The number of anilines is 6. The fourth-order valence-electron chi connectivity index (χ4n) is 13.2. The van der Waals surface area contributed by atoms with Crippen LogP contribution in [-0.4, -0.2) is 6.71 Å². The second-order valence-corrected chi connectivity index (χ2v) is 28.4. The topological polar surface area (TPSA) is 6.48 Å². The summed E-state index contributed by atoms with van der Waals surface area (Å²) < 4.78 is 0. The highest BCUT2D eigenvalue weighted by molar-refractivity contribution is 7.00. The first-order valence-corrected chi connectivity index (χ1v) is 27.6. The van der Waals surface area contributed by atoms with Crippen molar-refractivity contribution in [1.29, 1.82) is 0 Å². The van der Waals surface area contributed by atoms with Crippen molar-refractivity contribution in [2.24, 2.45) is 0 Å². The van der Waals surface area contributed by atoms with Gasteiger partial charge in [0.25, 0.3) is 6.71 Å². The molecule has 374 valence electrons. The summed E-state index contributed by atoms with van der Waals surface area (Å²) in [7, 11) is 0. The summed E-state index contributed by atoms with van der Waals surface area (Å²) in [5.41, 5.74) is 26.7. The fourth-order valence-corrected chi connectivity index (χ4v) is 13.2. The molecule has 0 bridgehead atoms. The van der Waals surface area contributed by atoms with Crippen molar-refractivity contribution in [2.75, 3.05) is 9.80 Å². The monoisotopic (exact) mass is 961 g/mol. The minimum atomic E-state index is -0.156. The Morgan fingerprint density at radius 2 is 0.795 bits per heavy atom. The van der Waals surface area contributed by atoms with Crippen molar-refractivity contribution in [3.8, 4) is 22.3 Å². The Bertz CT molecular complexity index is 3280. The number of fused-ring (bicyclic) bond motifs is 6. The van der Waals surface area contributed by atoms with E-state index in [1.54, 1.807) is 0 Å². The first-order valence-electron chi connectivity index (χ1n) is 27.6. The van der Waals surface area contributed by atoms with E-state index >= 15 is 0 Å². The molecule has 2 nitrogen and oxygen atoms in total. The minimum absolute atomic E-state index is 0.00104. The molecular weight excluding hydrogens is 880 g/mol. The van der Waals surface area contributed by atoms with E-state index in [2.05, 4.69) is 261 Å². The summed E-state index contributed by atoms with van der Waals surface area (Å²) in [6, 6.07) is 53.2. The van der Waals surface area contributed by atoms with Gasteiger partial charge >= 0.3 is 0 Å². The molecule has 3 heteroatoms. The Kier molecular flexibility index (Phi) is 11.1. The molecular formula is C70H81BN2. The van der Waals surface area contributed by atoms with Crippen molar-refractivity contribution in [3.63, 3.8) is 0 Å². The zero-order chi connectivity index (χ0) is 52.2. The Labute approximate surface area is 440 Å². The van der Waals surface area contributed by atoms with E-state index in [1.165, 1.54) is 137 Å². The molecule has 0 fully saturated rings. The number of hydrogen-bond acceptors (Lipinski definition) is 2. The maximum atomic E-state index is 2.75. The lowest BCUT2D eigenvalue weighted by Gasteiger charge is -2.49. The molecule has 4 aliphatic rings. The van der Waals surface area contributed by atoms with Crippen LogP contribution in [-0.2, 0) is 37.9 Å². The van der Waals surface area contributed by atoms with Crippen LogP contribution in [0.15, 0.2) is 133 Å². The van der Waals surface area contributed by atoms with Crippen molar-refractivity contribution >= 4 is 57.2 Å². The summed E-state index contributed by atoms with van der Waals surface area (Å²) >= 11 is 0. The highest BCUT2D eigenvalue weighted by Crippen LogP contribution is 2.55. The zero-order valence-corrected chi connectivity index (χ0v) is 47.5. The largest absolute Gasteiger partial charge is 0.311 e. The van der Waals surface area contributed by atoms with Gasteiger partial charge in [0.15, 0.2) is 0 Å². The summed E-state index contributed by atoms with van der Waals surface area (Å²) in [4.78, 5) is 5.49. The van der Waals surface area contributed by atoms with Gasteiger partial charge in [-0.15, -0.1) is 0 Å². The van der Waals surface area contributed by atoms with E-state index in [9.17, 15) is 0 Å². The van der Waals surface area contributed by atoms with Gasteiger partial charge in [-0.3, -0.25) is 0 Å². The van der Waals surface area contributed by atoms with Crippen LogP contribution >= 0.6 is 0 Å². The predicted molar refractivity (Wildman–Crippen MR) is 318 cm³/mol. The van der Waals surface area contributed by atoms with Crippen LogP contribution < -0.4 is 26.2 Å². The van der Waals surface area contributed by atoms with Crippen LogP contribution in [0.5, 0.6) is 0 Å². The van der Waals surface area contributed by atoms with E-state index in [4.69, 9.17) is 0 Å². The lowest BCUT2D eigenvalue weighted by molar-refractivity contribution is 0.332. The van der Waals surface area contributed by atoms with Crippen LogP contribution in [0, 0.1) is 0 Å². The third-order valence-electron chi connectivity index (χ3n) is 18.2. The molecule has 0 spiro atoms. The van der Waals surface area contributed by atoms with E-state index in [0.29, 0.717) is 0 Å². The molecule has 2 heterocycles. The second kappa shape index (κ2) is 16.4. The third-order valence-corrected chi connectivity index (χ3v) is 18.2. The van der Waals surface area contributed by atoms with Gasteiger partial charge in [0.05, 0.1) is 5.69 Å². The zero-order valence-electron chi connectivity index (χ0n) is 47.5. The molecule has 2 aliphatic heterocycles. The normalized spacial score (nSPS) is 18.1. The van der Waals surface area contributed by atoms with E-state index in [-0.39, 0.29) is 44.6 Å². The summed E-state index contributed by atoms with van der Waals surface area (Å²) in [5, 5.41) is 0.